The summed E-state index contributed by atoms with van der Waals surface area (Å²) in [5, 5.41) is 10.00. The number of amides is 4. The average Bonchev–Trinajstić information content (AvgIpc) is 2.68. The van der Waals surface area contributed by atoms with Crippen LogP contribution in [0.1, 0.15) is 0 Å². The van der Waals surface area contributed by atoms with E-state index in [1.54, 1.807) is 19.4 Å². The lowest BCUT2D eigenvalue weighted by molar-refractivity contribution is -0.134. The van der Waals surface area contributed by atoms with Crippen LogP contribution in [0.25, 0.3) is 0 Å². The van der Waals surface area contributed by atoms with Crippen molar-refractivity contribution in [3.05, 3.63) is 60.0 Å². The fourth-order valence-corrected chi connectivity index (χ4v) is 2.35. The van der Waals surface area contributed by atoms with Gasteiger partial charge in [0.2, 0.25) is 0 Å². The third kappa shape index (κ3) is 4.35. The molecule has 1 aromatic rings. The maximum absolute atomic E-state index is 12.1. The molecule has 0 bridgehead atoms. The minimum absolute atomic E-state index is 0.287. The molecule has 27 heavy (non-hydrogen) atoms. The van der Waals surface area contributed by atoms with Crippen molar-refractivity contribution in [1.82, 2.24) is 9.80 Å². The van der Waals surface area contributed by atoms with Gasteiger partial charge >= 0.3 is 6.03 Å². The number of hydrogen-bond acceptors (Lipinski definition) is 6. The standard InChI is InChI=1S/C19H21N3O5/c1-20(13-7-9-15(27-4)10-8-13)11-5-6-14(23)12-16-17(24)21(2)19(26)22(3)18(16)25/h5-12,23H,1-4H3/b11-5+,14-6-. The van der Waals surface area contributed by atoms with Crippen molar-refractivity contribution < 1.29 is 24.2 Å². The number of urea groups is 1. The summed E-state index contributed by atoms with van der Waals surface area (Å²) in [6.45, 7) is 0. The van der Waals surface area contributed by atoms with Crippen LogP contribution < -0.4 is 9.64 Å². The van der Waals surface area contributed by atoms with Gasteiger partial charge in [-0.15, -0.1) is 0 Å². The van der Waals surface area contributed by atoms with Crippen LogP contribution in [-0.4, -0.2) is 61.0 Å². The highest BCUT2D eigenvalue weighted by atomic mass is 16.5. The Bertz CT molecular complexity index is 813. The number of likely N-dealkylation sites (N-methyl/N-ethyl adjacent to an activating group) is 2. The maximum Gasteiger partial charge on any atom is 0.333 e. The van der Waals surface area contributed by atoms with E-state index in [0.717, 1.165) is 27.3 Å². The van der Waals surface area contributed by atoms with E-state index in [1.807, 2.05) is 36.2 Å². The third-order valence-corrected chi connectivity index (χ3v) is 3.99. The molecule has 1 aliphatic heterocycles. The van der Waals surface area contributed by atoms with Crippen molar-refractivity contribution in [3.63, 3.8) is 0 Å². The Balaban J connectivity index is 2.13. The Labute approximate surface area is 157 Å². The molecule has 4 amide bonds. The molecule has 2 rings (SSSR count). The molecule has 0 unspecified atom stereocenters. The smallest absolute Gasteiger partial charge is 0.333 e. The van der Waals surface area contributed by atoms with E-state index in [-0.39, 0.29) is 11.3 Å². The zero-order chi connectivity index (χ0) is 20.1. The van der Waals surface area contributed by atoms with Crippen molar-refractivity contribution in [2.75, 3.05) is 33.2 Å². The van der Waals surface area contributed by atoms with Gasteiger partial charge in [0.25, 0.3) is 11.8 Å². The zero-order valence-electron chi connectivity index (χ0n) is 15.5. The van der Waals surface area contributed by atoms with E-state index < -0.39 is 17.8 Å². The minimum Gasteiger partial charge on any atom is -0.508 e. The molecule has 1 saturated heterocycles. The average molecular weight is 371 g/mol. The summed E-state index contributed by atoms with van der Waals surface area (Å²) in [7, 11) is 5.96. The Morgan fingerprint density at radius 1 is 1.07 bits per heavy atom. The molecule has 1 aliphatic rings. The van der Waals surface area contributed by atoms with Crippen LogP contribution in [0.3, 0.4) is 0 Å². The Morgan fingerprint density at radius 2 is 1.63 bits per heavy atom. The van der Waals surface area contributed by atoms with E-state index in [0.29, 0.717) is 0 Å². The molecule has 0 atom stereocenters. The van der Waals surface area contributed by atoms with E-state index in [9.17, 15) is 19.5 Å². The van der Waals surface area contributed by atoms with Gasteiger partial charge in [0, 0.05) is 33.0 Å². The summed E-state index contributed by atoms with van der Waals surface area (Å²) in [4.78, 5) is 39.2. The van der Waals surface area contributed by atoms with Crippen LogP contribution in [0.15, 0.2) is 60.0 Å². The number of allylic oxidation sites excluding steroid dienone is 3. The van der Waals surface area contributed by atoms with Gasteiger partial charge in [0.15, 0.2) is 0 Å². The Morgan fingerprint density at radius 3 is 2.15 bits per heavy atom. The largest absolute Gasteiger partial charge is 0.508 e. The lowest BCUT2D eigenvalue weighted by atomic mass is 10.1. The zero-order valence-corrected chi connectivity index (χ0v) is 15.5. The predicted octanol–water partition coefficient (Wildman–Crippen LogP) is 2.06. The fourth-order valence-electron chi connectivity index (χ4n) is 2.35. The quantitative estimate of drug-likeness (QED) is 0.369. The predicted molar refractivity (Wildman–Crippen MR) is 100 cm³/mol. The van der Waals surface area contributed by atoms with Gasteiger partial charge in [0.1, 0.15) is 17.1 Å². The van der Waals surface area contributed by atoms with Crippen molar-refractivity contribution in [2.24, 2.45) is 0 Å². The number of nitrogens with zero attached hydrogens (tertiary/aromatic N) is 3. The van der Waals surface area contributed by atoms with Crippen LogP contribution >= 0.6 is 0 Å². The third-order valence-electron chi connectivity index (χ3n) is 3.99. The first kappa shape index (κ1) is 19.8. The van der Waals surface area contributed by atoms with E-state index >= 15 is 0 Å². The highest BCUT2D eigenvalue weighted by Gasteiger charge is 2.37. The second kappa shape index (κ2) is 8.22. The number of benzene rings is 1. The summed E-state index contributed by atoms with van der Waals surface area (Å²) in [5.74, 6) is -1.07. The van der Waals surface area contributed by atoms with Gasteiger partial charge in [-0.05, 0) is 42.5 Å². The second-order valence-electron chi connectivity index (χ2n) is 5.81. The number of barbiturate groups is 1. The molecule has 1 fully saturated rings. The molecule has 0 saturated carbocycles. The van der Waals surface area contributed by atoms with E-state index in [4.69, 9.17) is 4.74 Å². The van der Waals surface area contributed by atoms with Gasteiger partial charge in [-0.25, -0.2) is 4.79 Å². The number of carbonyl (C=O) groups excluding carboxylic acids is 3. The molecule has 0 spiro atoms. The van der Waals surface area contributed by atoms with Crippen LogP contribution in [0.2, 0.25) is 0 Å². The summed E-state index contributed by atoms with van der Waals surface area (Å²) in [5.41, 5.74) is 0.614. The number of anilines is 1. The SMILES string of the molecule is COc1ccc(N(C)/C=C/C=C(\O)C=C2C(=O)N(C)C(=O)N(C)C2=O)cc1. The summed E-state index contributed by atoms with van der Waals surface area (Å²) < 4.78 is 5.10. The monoisotopic (exact) mass is 371 g/mol. The number of aliphatic hydroxyl groups excluding tert-OH is 1. The molecular formula is C19H21N3O5. The molecular weight excluding hydrogens is 350 g/mol. The highest BCUT2D eigenvalue weighted by Crippen LogP contribution is 2.18. The second-order valence-corrected chi connectivity index (χ2v) is 5.81. The number of ether oxygens (including phenoxy) is 1. The molecule has 142 valence electrons. The molecule has 1 aromatic carbocycles. The summed E-state index contributed by atoms with van der Waals surface area (Å²) in [6.07, 6.45) is 5.64. The number of rotatable bonds is 5. The van der Waals surface area contributed by atoms with Crippen LogP contribution in [0.4, 0.5) is 10.5 Å². The topological polar surface area (TPSA) is 90.4 Å². The Kier molecular flexibility index (Phi) is 6.02. The molecule has 8 heteroatoms. The van der Waals surface area contributed by atoms with Crippen molar-refractivity contribution in [1.29, 1.82) is 0 Å². The Hall–Kier alpha value is -3.55. The number of methoxy groups -OCH3 is 1. The van der Waals surface area contributed by atoms with E-state index in [2.05, 4.69) is 0 Å². The minimum atomic E-state index is -0.762. The van der Waals surface area contributed by atoms with Gasteiger partial charge in [0.05, 0.1) is 7.11 Å². The van der Waals surface area contributed by atoms with Gasteiger partial charge in [-0.2, -0.15) is 0 Å². The van der Waals surface area contributed by atoms with Crippen molar-refractivity contribution in [3.8, 4) is 5.75 Å². The number of hydrogen-bond donors (Lipinski definition) is 1. The van der Waals surface area contributed by atoms with Gasteiger partial charge in [-0.3, -0.25) is 19.4 Å². The van der Waals surface area contributed by atoms with Crippen LogP contribution in [0.5, 0.6) is 5.75 Å². The highest BCUT2D eigenvalue weighted by molar-refractivity contribution is 6.28. The summed E-state index contributed by atoms with van der Waals surface area (Å²) in [6, 6.07) is 6.68. The van der Waals surface area contributed by atoms with E-state index in [1.165, 1.54) is 20.2 Å². The number of carbonyl (C=O) groups is 3. The van der Waals surface area contributed by atoms with Gasteiger partial charge < -0.3 is 14.7 Å². The molecule has 8 nitrogen and oxygen atoms in total. The van der Waals surface area contributed by atoms with Crippen molar-refractivity contribution >= 4 is 23.5 Å². The normalized spacial score (nSPS) is 15.6. The van der Waals surface area contributed by atoms with Crippen molar-refractivity contribution in [2.45, 2.75) is 0 Å². The number of imide groups is 2. The molecule has 0 aromatic heterocycles. The lowest BCUT2D eigenvalue weighted by Gasteiger charge is -2.28. The first-order valence-corrected chi connectivity index (χ1v) is 8.02. The summed E-state index contributed by atoms with van der Waals surface area (Å²) >= 11 is 0. The molecule has 0 radical (unpaired) electrons. The molecule has 0 aliphatic carbocycles. The maximum atomic E-state index is 12.1. The van der Waals surface area contributed by atoms with Crippen LogP contribution in [-0.2, 0) is 9.59 Å². The van der Waals surface area contributed by atoms with Gasteiger partial charge in [-0.1, -0.05) is 0 Å². The number of aliphatic hydroxyl groups is 1. The fraction of sp³-hybridized carbons (Fsp3) is 0.211. The molecule has 1 heterocycles. The lowest BCUT2D eigenvalue weighted by Crippen LogP contribution is -2.53. The first-order chi connectivity index (χ1) is 12.8. The first-order valence-electron chi connectivity index (χ1n) is 8.02. The van der Waals surface area contributed by atoms with Crippen LogP contribution in [0, 0.1) is 0 Å². The molecule has 1 N–H and O–H groups in total.